The number of nitrogens with two attached hydrogens (primary N) is 1. The second kappa shape index (κ2) is 5.34. The van der Waals surface area contributed by atoms with Crippen LogP contribution in [0.5, 0.6) is 0 Å². The van der Waals surface area contributed by atoms with Crippen LogP contribution in [-0.2, 0) is 13.6 Å². The van der Waals surface area contributed by atoms with Gasteiger partial charge in [-0.15, -0.1) is 0 Å². The van der Waals surface area contributed by atoms with Crippen molar-refractivity contribution in [3.05, 3.63) is 46.0 Å². The average Bonchev–Trinajstić information content (AvgIpc) is 2.82. The van der Waals surface area contributed by atoms with E-state index in [0.717, 1.165) is 6.07 Å². The van der Waals surface area contributed by atoms with Gasteiger partial charge < -0.3 is 11.1 Å². The molecule has 1 heterocycles. The Morgan fingerprint density at radius 3 is 2.90 bits per heavy atom. The molecule has 1 amide bonds. The van der Waals surface area contributed by atoms with Gasteiger partial charge >= 0.3 is 0 Å². The van der Waals surface area contributed by atoms with Crippen LogP contribution in [0.1, 0.15) is 16.2 Å². The molecule has 20 heavy (non-hydrogen) atoms. The van der Waals surface area contributed by atoms with Crippen LogP contribution in [0.25, 0.3) is 0 Å². The van der Waals surface area contributed by atoms with Crippen molar-refractivity contribution in [2.24, 2.45) is 7.05 Å². The van der Waals surface area contributed by atoms with E-state index in [4.69, 9.17) is 5.73 Å². The molecule has 1 aromatic carbocycles. The van der Waals surface area contributed by atoms with Crippen LogP contribution < -0.4 is 11.1 Å². The summed E-state index contributed by atoms with van der Waals surface area (Å²) in [5.41, 5.74) is 5.67. The predicted molar refractivity (Wildman–Crippen MR) is 69.7 cm³/mol. The zero-order valence-electron chi connectivity index (χ0n) is 10.6. The minimum Gasteiger partial charge on any atom is -0.398 e. The van der Waals surface area contributed by atoms with Crippen LogP contribution in [0.3, 0.4) is 0 Å². The zero-order valence-corrected chi connectivity index (χ0v) is 10.6. The molecule has 0 fully saturated rings. The Morgan fingerprint density at radius 2 is 2.30 bits per heavy atom. The highest BCUT2D eigenvalue weighted by atomic mass is 16.6. The Labute approximate surface area is 113 Å². The second-order valence-corrected chi connectivity index (χ2v) is 4.05. The van der Waals surface area contributed by atoms with Gasteiger partial charge in [-0.2, -0.15) is 5.10 Å². The molecular weight excluding hydrogens is 264 g/mol. The van der Waals surface area contributed by atoms with E-state index in [1.165, 1.54) is 23.1 Å². The highest BCUT2D eigenvalue weighted by molar-refractivity contribution is 5.99. The number of aromatic nitrogens is 3. The highest BCUT2D eigenvalue weighted by Gasteiger charge is 2.15. The van der Waals surface area contributed by atoms with Crippen LogP contribution in [0.15, 0.2) is 24.5 Å². The standard InChI is InChI=1S/C11H12N6O3/c1-16-6-14-10(15-16)5-13-11(18)8-4-7(17(19)20)2-3-9(8)12/h2-4,6H,5,12H2,1H3,(H,13,18). The Morgan fingerprint density at radius 1 is 1.55 bits per heavy atom. The van der Waals surface area contributed by atoms with Gasteiger partial charge in [-0.25, -0.2) is 4.98 Å². The number of rotatable bonds is 4. The molecule has 9 nitrogen and oxygen atoms in total. The first-order valence-electron chi connectivity index (χ1n) is 5.64. The van der Waals surface area contributed by atoms with Crippen molar-refractivity contribution in [3.63, 3.8) is 0 Å². The Hall–Kier alpha value is -2.97. The topological polar surface area (TPSA) is 129 Å². The molecular formula is C11H12N6O3. The van der Waals surface area contributed by atoms with Crippen LogP contribution >= 0.6 is 0 Å². The summed E-state index contributed by atoms with van der Waals surface area (Å²) in [6.07, 6.45) is 1.50. The summed E-state index contributed by atoms with van der Waals surface area (Å²) in [6, 6.07) is 3.70. The van der Waals surface area contributed by atoms with Gasteiger partial charge in [0.1, 0.15) is 6.33 Å². The zero-order chi connectivity index (χ0) is 14.7. The van der Waals surface area contributed by atoms with E-state index in [-0.39, 0.29) is 23.5 Å². The molecule has 2 rings (SSSR count). The number of nitro benzene ring substituents is 1. The van der Waals surface area contributed by atoms with Gasteiger partial charge in [0.05, 0.1) is 17.0 Å². The first-order chi connectivity index (χ1) is 9.47. The molecule has 0 unspecified atom stereocenters. The predicted octanol–water partition coefficient (Wildman–Crippen LogP) is 0.235. The summed E-state index contributed by atoms with van der Waals surface area (Å²) >= 11 is 0. The third-order valence-electron chi connectivity index (χ3n) is 2.55. The molecule has 0 bridgehead atoms. The van der Waals surface area contributed by atoms with Gasteiger partial charge in [0, 0.05) is 24.9 Å². The maximum absolute atomic E-state index is 11.9. The molecule has 0 aliphatic heterocycles. The van der Waals surface area contributed by atoms with E-state index in [0.29, 0.717) is 5.82 Å². The summed E-state index contributed by atoms with van der Waals surface area (Å²) in [4.78, 5) is 26.0. The molecule has 0 spiro atoms. The van der Waals surface area contributed by atoms with Gasteiger partial charge in [-0.1, -0.05) is 0 Å². The monoisotopic (exact) mass is 276 g/mol. The van der Waals surface area contributed by atoms with Crippen LogP contribution in [0.2, 0.25) is 0 Å². The Bertz CT molecular complexity index is 666. The number of non-ortho nitro benzene ring substituents is 1. The summed E-state index contributed by atoms with van der Waals surface area (Å²) in [5.74, 6) is -0.0801. The third kappa shape index (κ3) is 2.88. The first-order valence-corrected chi connectivity index (χ1v) is 5.64. The lowest BCUT2D eigenvalue weighted by molar-refractivity contribution is -0.384. The maximum atomic E-state index is 11.9. The van der Waals surface area contributed by atoms with E-state index in [1.807, 2.05) is 0 Å². The number of amides is 1. The fraction of sp³-hybridized carbons (Fsp3) is 0.182. The van der Waals surface area contributed by atoms with E-state index < -0.39 is 10.8 Å². The fourth-order valence-corrected chi connectivity index (χ4v) is 1.57. The van der Waals surface area contributed by atoms with Gasteiger partial charge in [0.15, 0.2) is 5.82 Å². The average molecular weight is 276 g/mol. The second-order valence-electron chi connectivity index (χ2n) is 4.05. The number of benzene rings is 1. The lowest BCUT2D eigenvalue weighted by atomic mass is 10.1. The highest BCUT2D eigenvalue weighted by Crippen LogP contribution is 2.19. The van der Waals surface area contributed by atoms with Crippen molar-refractivity contribution in [1.82, 2.24) is 20.1 Å². The number of carbonyl (C=O) groups is 1. The van der Waals surface area contributed by atoms with Crippen molar-refractivity contribution in [2.75, 3.05) is 5.73 Å². The molecule has 0 saturated carbocycles. The SMILES string of the molecule is Cn1cnc(CNC(=O)c2cc([N+](=O)[O-])ccc2N)n1. The molecule has 9 heteroatoms. The quantitative estimate of drug-likeness (QED) is 0.467. The number of carbonyl (C=O) groups excluding carboxylic acids is 1. The number of hydrogen-bond acceptors (Lipinski definition) is 6. The molecule has 0 saturated heterocycles. The van der Waals surface area contributed by atoms with Crippen molar-refractivity contribution in [3.8, 4) is 0 Å². The molecule has 1 aromatic heterocycles. The summed E-state index contributed by atoms with van der Waals surface area (Å²) in [7, 11) is 1.71. The Kier molecular flexibility index (Phi) is 3.60. The number of aryl methyl sites for hydroxylation is 1. The van der Waals surface area contributed by atoms with Crippen molar-refractivity contribution in [1.29, 1.82) is 0 Å². The lowest BCUT2D eigenvalue weighted by Crippen LogP contribution is -2.24. The molecule has 3 N–H and O–H groups in total. The smallest absolute Gasteiger partial charge is 0.270 e. The maximum Gasteiger partial charge on any atom is 0.270 e. The summed E-state index contributed by atoms with van der Waals surface area (Å²) in [5, 5.41) is 17.2. The number of nitrogen functional groups attached to an aromatic ring is 1. The molecule has 0 aliphatic carbocycles. The molecule has 0 radical (unpaired) electrons. The first kappa shape index (κ1) is 13.5. The van der Waals surface area contributed by atoms with E-state index >= 15 is 0 Å². The van der Waals surface area contributed by atoms with Crippen molar-refractivity contribution in [2.45, 2.75) is 6.54 Å². The molecule has 0 aliphatic rings. The molecule has 0 atom stereocenters. The summed E-state index contributed by atoms with van der Waals surface area (Å²) in [6.45, 7) is 0.113. The van der Waals surface area contributed by atoms with Crippen LogP contribution in [0, 0.1) is 10.1 Å². The van der Waals surface area contributed by atoms with Crippen LogP contribution in [-0.4, -0.2) is 25.6 Å². The van der Waals surface area contributed by atoms with E-state index in [2.05, 4.69) is 15.4 Å². The van der Waals surface area contributed by atoms with Gasteiger partial charge in [-0.3, -0.25) is 19.6 Å². The van der Waals surface area contributed by atoms with E-state index in [9.17, 15) is 14.9 Å². The number of anilines is 1. The van der Waals surface area contributed by atoms with Crippen molar-refractivity contribution >= 4 is 17.3 Å². The van der Waals surface area contributed by atoms with Gasteiger partial charge in [0.25, 0.3) is 11.6 Å². The minimum absolute atomic E-state index is 0.0510. The lowest BCUT2D eigenvalue weighted by Gasteiger charge is -2.05. The van der Waals surface area contributed by atoms with E-state index in [1.54, 1.807) is 7.05 Å². The third-order valence-corrected chi connectivity index (χ3v) is 2.55. The number of nitrogens with zero attached hydrogens (tertiary/aromatic N) is 4. The number of nitrogens with one attached hydrogen (secondary N) is 1. The number of nitro groups is 1. The molecule has 104 valence electrons. The van der Waals surface area contributed by atoms with Crippen LogP contribution in [0.4, 0.5) is 11.4 Å². The number of hydrogen-bond donors (Lipinski definition) is 2. The van der Waals surface area contributed by atoms with Gasteiger partial charge in [-0.05, 0) is 6.07 Å². The molecule has 2 aromatic rings. The largest absolute Gasteiger partial charge is 0.398 e. The Balaban J connectivity index is 2.12. The normalized spacial score (nSPS) is 10.2. The van der Waals surface area contributed by atoms with Crippen molar-refractivity contribution < 1.29 is 9.72 Å². The minimum atomic E-state index is -0.587. The summed E-state index contributed by atoms with van der Waals surface area (Å²) < 4.78 is 1.50. The fourth-order valence-electron chi connectivity index (χ4n) is 1.57. The van der Waals surface area contributed by atoms with Gasteiger partial charge in [0.2, 0.25) is 0 Å².